The molecule has 0 aromatic carbocycles. The second-order valence-electron chi connectivity index (χ2n) is 5.54. The lowest BCUT2D eigenvalue weighted by molar-refractivity contribution is -0.231. The van der Waals surface area contributed by atoms with Crippen LogP contribution in [0.2, 0.25) is 0 Å². The molecular weight excluding hydrogens is 192 g/mol. The van der Waals surface area contributed by atoms with Gasteiger partial charge in [0.15, 0.2) is 0 Å². The molecule has 1 aliphatic heterocycles. The van der Waals surface area contributed by atoms with Crippen molar-refractivity contribution >= 4 is 0 Å². The highest BCUT2D eigenvalue weighted by molar-refractivity contribution is 5.01. The predicted octanol–water partition coefficient (Wildman–Crippen LogP) is 1.98. The van der Waals surface area contributed by atoms with E-state index in [1.54, 1.807) is 7.11 Å². The molecule has 1 saturated heterocycles. The van der Waals surface area contributed by atoms with Gasteiger partial charge in [-0.05, 0) is 20.3 Å². The van der Waals surface area contributed by atoms with Crippen molar-refractivity contribution in [1.29, 1.82) is 0 Å². The summed E-state index contributed by atoms with van der Waals surface area (Å²) in [5.41, 5.74) is -1.24. The summed E-state index contributed by atoms with van der Waals surface area (Å²) in [6, 6.07) is 0. The molecule has 1 fully saturated rings. The Balaban J connectivity index is 2.83. The zero-order valence-corrected chi connectivity index (χ0v) is 10.6. The minimum atomic E-state index is -0.730. The molecule has 90 valence electrons. The van der Waals surface area contributed by atoms with E-state index < -0.39 is 5.60 Å². The van der Waals surface area contributed by atoms with E-state index in [2.05, 4.69) is 13.8 Å². The van der Waals surface area contributed by atoms with Gasteiger partial charge in [-0.3, -0.25) is 0 Å². The number of methoxy groups -OCH3 is 1. The molecule has 0 bridgehead atoms. The average molecular weight is 216 g/mol. The van der Waals surface area contributed by atoms with Gasteiger partial charge < -0.3 is 14.6 Å². The topological polar surface area (TPSA) is 38.7 Å². The normalized spacial score (nSPS) is 46.8. The lowest BCUT2D eigenvalue weighted by Gasteiger charge is -2.52. The molecule has 0 saturated carbocycles. The van der Waals surface area contributed by atoms with Crippen LogP contribution >= 0.6 is 0 Å². The first-order valence-electron chi connectivity index (χ1n) is 5.64. The van der Waals surface area contributed by atoms with Crippen LogP contribution in [-0.2, 0) is 9.47 Å². The van der Waals surface area contributed by atoms with E-state index in [9.17, 15) is 5.11 Å². The molecular formula is C12H24O3. The summed E-state index contributed by atoms with van der Waals surface area (Å²) >= 11 is 0. The Morgan fingerprint density at radius 1 is 1.33 bits per heavy atom. The molecule has 1 rings (SSSR count). The van der Waals surface area contributed by atoms with Gasteiger partial charge in [-0.15, -0.1) is 0 Å². The molecule has 0 aromatic heterocycles. The van der Waals surface area contributed by atoms with Crippen LogP contribution in [-0.4, -0.2) is 36.6 Å². The Morgan fingerprint density at radius 2 is 1.93 bits per heavy atom. The summed E-state index contributed by atoms with van der Waals surface area (Å²) in [6.45, 7) is 9.15. The van der Waals surface area contributed by atoms with E-state index in [1.807, 2.05) is 13.8 Å². The second kappa shape index (κ2) is 4.04. The summed E-state index contributed by atoms with van der Waals surface area (Å²) in [7, 11) is 1.66. The van der Waals surface area contributed by atoms with E-state index in [-0.39, 0.29) is 11.0 Å². The van der Waals surface area contributed by atoms with Crippen molar-refractivity contribution in [2.45, 2.75) is 51.7 Å². The molecule has 1 heterocycles. The maximum atomic E-state index is 10.5. The number of rotatable bonds is 3. The number of aliphatic hydroxyl groups is 1. The summed E-state index contributed by atoms with van der Waals surface area (Å²) in [5.74, 6) is 0. The third-order valence-corrected chi connectivity index (χ3v) is 3.97. The van der Waals surface area contributed by atoms with Gasteiger partial charge in [0, 0.05) is 18.9 Å². The molecule has 1 aliphatic rings. The van der Waals surface area contributed by atoms with E-state index in [0.29, 0.717) is 19.6 Å². The fourth-order valence-corrected chi connectivity index (χ4v) is 2.22. The summed E-state index contributed by atoms with van der Waals surface area (Å²) in [5, 5.41) is 10.5. The van der Waals surface area contributed by atoms with Crippen LogP contribution in [0.15, 0.2) is 0 Å². The molecule has 0 spiro atoms. The van der Waals surface area contributed by atoms with Crippen molar-refractivity contribution in [3.63, 3.8) is 0 Å². The minimum Gasteiger partial charge on any atom is -0.389 e. The van der Waals surface area contributed by atoms with Crippen LogP contribution in [0.4, 0.5) is 0 Å². The fraction of sp³-hybridized carbons (Fsp3) is 1.00. The van der Waals surface area contributed by atoms with Gasteiger partial charge in [-0.1, -0.05) is 13.8 Å². The van der Waals surface area contributed by atoms with Crippen LogP contribution in [0.1, 0.15) is 40.5 Å². The minimum absolute atomic E-state index is 0.198. The quantitative estimate of drug-likeness (QED) is 0.784. The molecule has 3 nitrogen and oxygen atoms in total. The van der Waals surface area contributed by atoms with Crippen LogP contribution in [0.25, 0.3) is 0 Å². The molecule has 0 aliphatic carbocycles. The summed E-state index contributed by atoms with van der Waals surface area (Å²) in [4.78, 5) is 0. The average Bonchev–Trinajstić information content (AvgIpc) is 2.13. The number of ether oxygens (including phenoxy) is 2. The van der Waals surface area contributed by atoms with Gasteiger partial charge in [-0.25, -0.2) is 0 Å². The molecule has 3 atom stereocenters. The largest absolute Gasteiger partial charge is 0.389 e. The van der Waals surface area contributed by atoms with E-state index in [1.165, 1.54) is 0 Å². The smallest absolute Gasteiger partial charge is 0.0744 e. The van der Waals surface area contributed by atoms with Crippen molar-refractivity contribution in [3.05, 3.63) is 0 Å². The first-order chi connectivity index (χ1) is 6.79. The van der Waals surface area contributed by atoms with Crippen molar-refractivity contribution in [2.75, 3.05) is 20.3 Å². The van der Waals surface area contributed by atoms with Gasteiger partial charge in [-0.2, -0.15) is 0 Å². The fourth-order valence-electron chi connectivity index (χ4n) is 2.22. The predicted molar refractivity (Wildman–Crippen MR) is 59.9 cm³/mol. The summed E-state index contributed by atoms with van der Waals surface area (Å²) in [6.07, 6.45) is 1.59. The third-order valence-electron chi connectivity index (χ3n) is 3.97. The highest BCUT2D eigenvalue weighted by Crippen LogP contribution is 2.45. The van der Waals surface area contributed by atoms with Crippen LogP contribution in [0.3, 0.4) is 0 Å². The maximum absolute atomic E-state index is 10.5. The Hall–Kier alpha value is -0.120. The van der Waals surface area contributed by atoms with Gasteiger partial charge in [0.05, 0.1) is 24.4 Å². The highest BCUT2D eigenvalue weighted by atomic mass is 16.5. The molecule has 0 amide bonds. The van der Waals surface area contributed by atoms with Gasteiger partial charge in [0.1, 0.15) is 0 Å². The molecule has 0 radical (unpaired) electrons. The zero-order valence-electron chi connectivity index (χ0n) is 10.6. The Morgan fingerprint density at radius 3 is 2.33 bits per heavy atom. The monoisotopic (exact) mass is 216 g/mol. The maximum Gasteiger partial charge on any atom is 0.0744 e. The second-order valence-corrected chi connectivity index (χ2v) is 5.54. The number of hydrogen-bond acceptors (Lipinski definition) is 3. The van der Waals surface area contributed by atoms with Crippen LogP contribution in [0, 0.1) is 5.41 Å². The first kappa shape index (κ1) is 12.9. The van der Waals surface area contributed by atoms with Gasteiger partial charge in [0.25, 0.3) is 0 Å². The van der Waals surface area contributed by atoms with Crippen molar-refractivity contribution in [3.8, 4) is 0 Å². The molecule has 0 aromatic rings. The SMILES string of the molecule is CCC1(C)C[C@](C)(O)[C@](C)(COC)CO1. The Labute approximate surface area is 92.8 Å². The third kappa shape index (κ3) is 2.35. The summed E-state index contributed by atoms with van der Waals surface area (Å²) < 4.78 is 11.1. The van der Waals surface area contributed by atoms with Crippen molar-refractivity contribution in [1.82, 2.24) is 0 Å². The molecule has 15 heavy (non-hydrogen) atoms. The van der Waals surface area contributed by atoms with Crippen molar-refractivity contribution in [2.24, 2.45) is 5.41 Å². The van der Waals surface area contributed by atoms with Gasteiger partial charge in [0.2, 0.25) is 0 Å². The first-order valence-corrected chi connectivity index (χ1v) is 5.64. The van der Waals surface area contributed by atoms with E-state index >= 15 is 0 Å². The number of hydrogen-bond donors (Lipinski definition) is 1. The van der Waals surface area contributed by atoms with E-state index in [0.717, 1.165) is 6.42 Å². The van der Waals surface area contributed by atoms with Gasteiger partial charge >= 0.3 is 0 Å². The Kier molecular flexibility index (Phi) is 3.49. The Bertz CT molecular complexity index is 227. The lowest BCUT2D eigenvalue weighted by Crippen LogP contribution is -2.59. The standard InChI is InChI=1S/C12H24O3/c1-6-11(3)7-12(4,13)10(2,8-14-5)9-15-11/h13H,6-9H2,1-5H3/t10-,11?,12+/m1/s1. The highest BCUT2D eigenvalue weighted by Gasteiger charge is 2.52. The zero-order chi connectivity index (χ0) is 11.7. The van der Waals surface area contributed by atoms with E-state index in [4.69, 9.17) is 9.47 Å². The van der Waals surface area contributed by atoms with Crippen LogP contribution in [0.5, 0.6) is 0 Å². The molecule has 1 N–H and O–H groups in total. The molecule has 3 heteroatoms. The van der Waals surface area contributed by atoms with Crippen molar-refractivity contribution < 1.29 is 14.6 Å². The van der Waals surface area contributed by atoms with Crippen LogP contribution < -0.4 is 0 Å². The lowest BCUT2D eigenvalue weighted by atomic mass is 9.67. The molecule has 1 unspecified atom stereocenters.